The molecule has 138 valence electrons. The van der Waals surface area contributed by atoms with Crippen molar-refractivity contribution in [3.8, 4) is 0 Å². The molecular formula is C20H24ClN3O2. The summed E-state index contributed by atoms with van der Waals surface area (Å²) in [5.41, 5.74) is 9.01. The van der Waals surface area contributed by atoms with Gasteiger partial charge in [-0.1, -0.05) is 29.8 Å². The average Bonchev–Trinajstić information content (AvgIpc) is 2.65. The van der Waals surface area contributed by atoms with Crippen LogP contribution in [-0.4, -0.2) is 43.7 Å². The number of rotatable bonds is 5. The van der Waals surface area contributed by atoms with Gasteiger partial charge in [-0.2, -0.15) is 0 Å². The van der Waals surface area contributed by atoms with Crippen molar-refractivity contribution in [3.05, 3.63) is 64.2 Å². The molecule has 1 unspecified atom stereocenters. The second-order valence-electron chi connectivity index (χ2n) is 6.50. The number of ether oxygens (including phenoxy) is 1. The highest BCUT2D eigenvalue weighted by molar-refractivity contribution is 6.30. The van der Waals surface area contributed by atoms with Gasteiger partial charge in [-0.05, 0) is 42.3 Å². The lowest BCUT2D eigenvalue weighted by molar-refractivity contribution is 0.0162. The van der Waals surface area contributed by atoms with Crippen LogP contribution in [-0.2, 0) is 4.74 Å². The first-order chi connectivity index (χ1) is 12.5. The van der Waals surface area contributed by atoms with E-state index in [2.05, 4.69) is 10.2 Å². The van der Waals surface area contributed by atoms with Gasteiger partial charge in [-0.25, -0.2) is 0 Å². The van der Waals surface area contributed by atoms with Gasteiger partial charge in [-0.15, -0.1) is 0 Å². The fourth-order valence-electron chi connectivity index (χ4n) is 3.23. The van der Waals surface area contributed by atoms with E-state index in [0.717, 1.165) is 24.2 Å². The summed E-state index contributed by atoms with van der Waals surface area (Å²) >= 11 is 6.18. The number of nitrogen functional groups attached to an aromatic ring is 1. The molecular weight excluding hydrogens is 350 g/mol. The molecule has 0 aromatic heterocycles. The highest BCUT2D eigenvalue weighted by atomic mass is 35.5. The smallest absolute Gasteiger partial charge is 0.251 e. The topological polar surface area (TPSA) is 67.6 Å². The minimum absolute atomic E-state index is 0.0444. The Kier molecular flexibility index (Phi) is 6.14. The third-order valence-electron chi connectivity index (χ3n) is 4.68. The zero-order valence-electron chi connectivity index (χ0n) is 14.9. The summed E-state index contributed by atoms with van der Waals surface area (Å²) in [4.78, 5) is 15.0. The summed E-state index contributed by atoms with van der Waals surface area (Å²) in [5.74, 6) is -0.116. The Morgan fingerprint density at radius 3 is 2.77 bits per heavy atom. The number of benzene rings is 2. The van der Waals surface area contributed by atoms with Crippen molar-refractivity contribution < 1.29 is 9.53 Å². The van der Waals surface area contributed by atoms with Crippen molar-refractivity contribution in [3.63, 3.8) is 0 Å². The Balaban J connectivity index is 1.77. The fraction of sp³-hybridized carbons (Fsp3) is 0.350. The zero-order chi connectivity index (χ0) is 18.5. The van der Waals surface area contributed by atoms with Crippen LogP contribution >= 0.6 is 11.6 Å². The molecule has 5 nitrogen and oxygen atoms in total. The summed E-state index contributed by atoms with van der Waals surface area (Å²) < 4.78 is 5.46. The van der Waals surface area contributed by atoms with Crippen molar-refractivity contribution in [1.29, 1.82) is 0 Å². The largest absolute Gasteiger partial charge is 0.399 e. The first-order valence-corrected chi connectivity index (χ1v) is 9.14. The van der Waals surface area contributed by atoms with Gasteiger partial charge in [-0.3, -0.25) is 9.69 Å². The molecule has 0 bridgehead atoms. The van der Waals surface area contributed by atoms with Crippen LogP contribution in [0, 0.1) is 6.92 Å². The van der Waals surface area contributed by atoms with Gasteiger partial charge < -0.3 is 15.8 Å². The molecule has 3 rings (SSSR count). The number of carbonyl (C=O) groups is 1. The van der Waals surface area contributed by atoms with Gasteiger partial charge in [0.05, 0.1) is 19.3 Å². The Hall–Kier alpha value is -2.08. The highest BCUT2D eigenvalue weighted by Gasteiger charge is 2.24. The number of hydrogen-bond donors (Lipinski definition) is 2. The fourth-order valence-corrected chi connectivity index (χ4v) is 3.43. The first-order valence-electron chi connectivity index (χ1n) is 8.76. The summed E-state index contributed by atoms with van der Waals surface area (Å²) in [6, 6.07) is 13.2. The lowest BCUT2D eigenvalue weighted by Gasteiger charge is -2.35. The van der Waals surface area contributed by atoms with Crippen molar-refractivity contribution in [2.45, 2.75) is 13.0 Å². The second-order valence-corrected chi connectivity index (χ2v) is 6.94. The van der Waals surface area contributed by atoms with E-state index in [4.69, 9.17) is 22.1 Å². The second kappa shape index (κ2) is 8.54. The number of morpholine rings is 1. The van der Waals surface area contributed by atoms with Gasteiger partial charge in [0, 0.05) is 35.9 Å². The molecule has 0 spiro atoms. The van der Waals surface area contributed by atoms with Crippen LogP contribution in [0.4, 0.5) is 5.69 Å². The third-order valence-corrected chi connectivity index (χ3v) is 4.92. The van der Waals surface area contributed by atoms with Gasteiger partial charge in [0.2, 0.25) is 0 Å². The van der Waals surface area contributed by atoms with Crippen LogP contribution in [0.1, 0.15) is 27.5 Å². The van der Waals surface area contributed by atoms with Crippen LogP contribution in [0.15, 0.2) is 42.5 Å². The zero-order valence-corrected chi connectivity index (χ0v) is 15.6. The molecule has 1 aliphatic rings. The molecule has 0 saturated carbocycles. The van der Waals surface area contributed by atoms with E-state index in [9.17, 15) is 4.79 Å². The average molecular weight is 374 g/mol. The first kappa shape index (κ1) is 18.7. The standard InChI is InChI=1S/C20H24ClN3O2/c1-14-5-6-17(22)12-18(14)20(25)23-13-19(24-7-9-26-10-8-24)15-3-2-4-16(21)11-15/h2-6,11-12,19H,7-10,13,22H2,1H3,(H,23,25). The van der Waals surface area contributed by atoms with E-state index in [1.165, 1.54) is 0 Å². The van der Waals surface area contributed by atoms with E-state index in [0.29, 0.717) is 36.0 Å². The Morgan fingerprint density at radius 2 is 2.04 bits per heavy atom. The van der Waals surface area contributed by atoms with Crippen molar-refractivity contribution in [2.75, 3.05) is 38.6 Å². The predicted molar refractivity (Wildman–Crippen MR) is 105 cm³/mol. The Labute approximate surface area is 159 Å². The molecule has 2 aromatic carbocycles. The highest BCUT2D eigenvalue weighted by Crippen LogP contribution is 2.24. The molecule has 1 fully saturated rings. The number of hydrogen-bond acceptors (Lipinski definition) is 4. The van der Waals surface area contributed by atoms with E-state index in [-0.39, 0.29) is 11.9 Å². The minimum Gasteiger partial charge on any atom is -0.399 e. The lowest BCUT2D eigenvalue weighted by Crippen LogP contribution is -2.43. The molecule has 1 aliphatic heterocycles. The molecule has 1 atom stereocenters. The van der Waals surface area contributed by atoms with Crippen LogP contribution < -0.4 is 11.1 Å². The number of nitrogens with two attached hydrogens (primary N) is 1. The number of anilines is 1. The number of aryl methyl sites for hydroxylation is 1. The molecule has 6 heteroatoms. The monoisotopic (exact) mass is 373 g/mol. The van der Waals surface area contributed by atoms with Crippen LogP contribution in [0.3, 0.4) is 0 Å². The van der Waals surface area contributed by atoms with E-state index >= 15 is 0 Å². The summed E-state index contributed by atoms with van der Waals surface area (Å²) in [6.07, 6.45) is 0. The maximum absolute atomic E-state index is 12.7. The molecule has 0 radical (unpaired) electrons. The van der Waals surface area contributed by atoms with Crippen LogP contribution in [0.2, 0.25) is 5.02 Å². The van der Waals surface area contributed by atoms with Crippen molar-refractivity contribution in [2.24, 2.45) is 0 Å². The quantitative estimate of drug-likeness (QED) is 0.790. The van der Waals surface area contributed by atoms with E-state index < -0.39 is 0 Å². The van der Waals surface area contributed by atoms with E-state index in [1.54, 1.807) is 12.1 Å². The number of nitrogens with one attached hydrogen (secondary N) is 1. The molecule has 2 aromatic rings. The van der Waals surface area contributed by atoms with Crippen LogP contribution in [0.25, 0.3) is 0 Å². The molecule has 1 saturated heterocycles. The lowest BCUT2D eigenvalue weighted by atomic mass is 10.0. The number of carbonyl (C=O) groups excluding carboxylic acids is 1. The summed E-state index contributed by atoms with van der Waals surface area (Å²) in [6.45, 7) is 5.44. The number of halogens is 1. The molecule has 0 aliphatic carbocycles. The molecule has 1 amide bonds. The van der Waals surface area contributed by atoms with Crippen LogP contribution in [0.5, 0.6) is 0 Å². The van der Waals surface area contributed by atoms with Gasteiger partial charge in [0.1, 0.15) is 0 Å². The molecule has 1 heterocycles. The minimum atomic E-state index is -0.116. The predicted octanol–water partition coefficient (Wildman–Crippen LogP) is 3.03. The number of amides is 1. The summed E-state index contributed by atoms with van der Waals surface area (Å²) in [7, 11) is 0. The van der Waals surface area contributed by atoms with Gasteiger partial charge >= 0.3 is 0 Å². The number of nitrogens with zero attached hydrogens (tertiary/aromatic N) is 1. The molecule has 26 heavy (non-hydrogen) atoms. The van der Waals surface area contributed by atoms with Crippen molar-refractivity contribution in [1.82, 2.24) is 10.2 Å². The SMILES string of the molecule is Cc1ccc(N)cc1C(=O)NCC(c1cccc(Cl)c1)N1CCOCC1. The Bertz CT molecular complexity index is 775. The maximum Gasteiger partial charge on any atom is 0.251 e. The van der Waals surface area contributed by atoms with Gasteiger partial charge in [0.15, 0.2) is 0 Å². The van der Waals surface area contributed by atoms with Gasteiger partial charge in [0.25, 0.3) is 5.91 Å². The summed E-state index contributed by atoms with van der Waals surface area (Å²) in [5, 5.41) is 3.76. The van der Waals surface area contributed by atoms with Crippen molar-refractivity contribution >= 4 is 23.2 Å². The third kappa shape index (κ3) is 4.55. The maximum atomic E-state index is 12.7. The van der Waals surface area contributed by atoms with E-state index in [1.807, 2.05) is 37.3 Å². The molecule has 3 N–H and O–H groups in total. The Morgan fingerprint density at radius 1 is 1.27 bits per heavy atom. The normalized spacial score (nSPS) is 16.2.